The number of benzene rings is 1. The summed E-state index contributed by atoms with van der Waals surface area (Å²) in [6.07, 6.45) is 5.65. The highest BCUT2D eigenvalue weighted by Crippen LogP contribution is 2.40. The average Bonchev–Trinajstić information content (AvgIpc) is 2.92. The molecule has 0 radical (unpaired) electrons. The van der Waals surface area contributed by atoms with Crippen LogP contribution in [0.15, 0.2) is 39.8 Å². The average molecular weight is 457 g/mol. The van der Waals surface area contributed by atoms with Crippen LogP contribution in [0.4, 0.5) is 0 Å². The molecule has 0 aliphatic carbocycles. The number of aromatic nitrogens is 1. The Morgan fingerprint density at radius 3 is 2.44 bits per heavy atom. The number of aryl methyl sites for hydroxylation is 1. The molecule has 2 aromatic rings. The van der Waals surface area contributed by atoms with Crippen LogP contribution in [0.25, 0.3) is 0 Å². The lowest BCUT2D eigenvalue weighted by atomic mass is 10.1. The minimum atomic E-state index is -3.73. The Morgan fingerprint density at radius 1 is 1.11 bits per heavy atom. The van der Waals surface area contributed by atoms with Crippen molar-refractivity contribution in [3.05, 3.63) is 40.6 Å². The van der Waals surface area contributed by atoms with Crippen molar-refractivity contribution in [2.75, 3.05) is 20.8 Å². The van der Waals surface area contributed by atoms with E-state index in [4.69, 9.17) is 9.47 Å². The van der Waals surface area contributed by atoms with Gasteiger partial charge >= 0.3 is 0 Å². The molecule has 0 amide bonds. The van der Waals surface area contributed by atoms with Crippen LogP contribution in [0, 0.1) is 0 Å². The van der Waals surface area contributed by atoms with Crippen molar-refractivity contribution >= 4 is 26.0 Å². The zero-order valence-electron chi connectivity index (χ0n) is 15.8. The predicted octanol–water partition coefficient (Wildman–Crippen LogP) is 4.11. The predicted molar refractivity (Wildman–Crippen MR) is 108 cm³/mol. The molecular formula is C19H25BrN2O4S. The lowest BCUT2D eigenvalue weighted by Crippen LogP contribution is -2.35. The summed E-state index contributed by atoms with van der Waals surface area (Å²) in [6.45, 7) is 0.499. The van der Waals surface area contributed by atoms with Gasteiger partial charge in [0.15, 0.2) is 11.5 Å². The summed E-state index contributed by atoms with van der Waals surface area (Å²) in [4.78, 5) is 0.196. The van der Waals surface area contributed by atoms with Crippen molar-refractivity contribution in [1.82, 2.24) is 8.87 Å². The summed E-state index contributed by atoms with van der Waals surface area (Å²) < 4.78 is 42.0. The number of halogens is 1. The van der Waals surface area contributed by atoms with E-state index in [2.05, 4.69) is 15.9 Å². The first-order valence-electron chi connectivity index (χ1n) is 8.94. The number of ether oxygens (including phenoxy) is 2. The summed E-state index contributed by atoms with van der Waals surface area (Å²) in [7, 11) is 1.26. The summed E-state index contributed by atoms with van der Waals surface area (Å²) in [5, 5.41) is 0. The number of nitrogens with zero attached hydrogens (tertiary/aromatic N) is 2. The second-order valence-electron chi connectivity index (χ2n) is 6.66. The van der Waals surface area contributed by atoms with Gasteiger partial charge < -0.3 is 14.0 Å². The van der Waals surface area contributed by atoms with Gasteiger partial charge in [0.05, 0.1) is 20.3 Å². The van der Waals surface area contributed by atoms with E-state index in [0.717, 1.165) is 31.4 Å². The largest absolute Gasteiger partial charge is 0.493 e. The quantitative estimate of drug-likeness (QED) is 0.678. The van der Waals surface area contributed by atoms with E-state index in [1.807, 2.05) is 29.9 Å². The molecule has 27 heavy (non-hydrogen) atoms. The van der Waals surface area contributed by atoms with Gasteiger partial charge in [-0.05, 0) is 47.0 Å². The molecule has 0 spiro atoms. The second kappa shape index (κ2) is 8.24. The van der Waals surface area contributed by atoms with Crippen molar-refractivity contribution < 1.29 is 17.9 Å². The van der Waals surface area contributed by atoms with Crippen LogP contribution in [0.5, 0.6) is 11.5 Å². The Balaban J connectivity index is 2.10. The van der Waals surface area contributed by atoms with Gasteiger partial charge in [0.1, 0.15) is 4.90 Å². The molecule has 1 aromatic carbocycles. The van der Waals surface area contributed by atoms with Crippen molar-refractivity contribution in [1.29, 1.82) is 0 Å². The second-order valence-corrected chi connectivity index (χ2v) is 9.38. The molecule has 148 valence electrons. The van der Waals surface area contributed by atoms with Gasteiger partial charge in [-0.3, -0.25) is 0 Å². The molecule has 1 aromatic heterocycles. The van der Waals surface area contributed by atoms with E-state index in [-0.39, 0.29) is 10.9 Å². The molecule has 1 fully saturated rings. The fraction of sp³-hybridized carbons (Fsp3) is 0.474. The van der Waals surface area contributed by atoms with E-state index in [0.29, 0.717) is 22.5 Å². The van der Waals surface area contributed by atoms with Crippen LogP contribution in [-0.2, 0) is 17.1 Å². The van der Waals surface area contributed by atoms with E-state index in [9.17, 15) is 8.42 Å². The molecular weight excluding hydrogens is 432 g/mol. The molecule has 6 nitrogen and oxygen atoms in total. The Kier molecular flexibility index (Phi) is 6.18. The van der Waals surface area contributed by atoms with Crippen molar-refractivity contribution in [2.45, 2.75) is 36.6 Å². The van der Waals surface area contributed by atoms with Crippen LogP contribution in [0.1, 0.15) is 37.4 Å². The summed E-state index contributed by atoms with van der Waals surface area (Å²) in [5.41, 5.74) is 1.01. The number of hydrogen-bond donors (Lipinski definition) is 0. The third-order valence-corrected chi connectivity index (χ3v) is 7.92. The van der Waals surface area contributed by atoms with Gasteiger partial charge in [0, 0.05) is 36.0 Å². The molecule has 1 aliphatic heterocycles. The van der Waals surface area contributed by atoms with Crippen LogP contribution >= 0.6 is 15.9 Å². The first-order valence-corrected chi connectivity index (χ1v) is 11.2. The molecule has 1 saturated heterocycles. The van der Waals surface area contributed by atoms with Gasteiger partial charge in [0.2, 0.25) is 10.0 Å². The number of hydrogen-bond acceptors (Lipinski definition) is 4. The Bertz CT molecular complexity index is 910. The zero-order valence-corrected chi connectivity index (χ0v) is 18.2. The molecule has 0 bridgehead atoms. The van der Waals surface area contributed by atoms with Crippen molar-refractivity contribution in [2.24, 2.45) is 7.05 Å². The van der Waals surface area contributed by atoms with Gasteiger partial charge in [-0.15, -0.1) is 0 Å². The van der Waals surface area contributed by atoms with Gasteiger partial charge in [-0.2, -0.15) is 4.31 Å². The maximum atomic E-state index is 13.6. The van der Waals surface area contributed by atoms with Crippen molar-refractivity contribution in [3.63, 3.8) is 0 Å². The number of rotatable bonds is 5. The summed E-state index contributed by atoms with van der Waals surface area (Å²) >= 11 is 3.41. The third kappa shape index (κ3) is 3.88. The molecule has 0 unspecified atom stereocenters. The van der Waals surface area contributed by atoms with Crippen LogP contribution < -0.4 is 9.47 Å². The first kappa shape index (κ1) is 20.2. The molecule has 1 aliphatic rings. The smallest absolute Gasteiger partial charge is 0.244 e. The Labute approximate surface area is 169 Å². The van der Waals surface area contributed by atoms with E-state index < -0.39 is 10.0 Å². The maximum Gasteiger partial charge on any atom is 0.244 e. The fourth-order valence-corrected chi connectivity index (χ4v) is 6.31. The van der Waals surface area contributed by atoms with E-state index in [1.54, 1.807) is 10.4 Å². The van der Waals surface area contributed by atoms with Crippen LogP contribution in [0.3, 0.4) is 0 Å². The normalized spacial score (nSPS) is 18.9. The standard InChI is InChI=1S/C19H25BrN2O4S/c1-21-10-7-9-15(21)16-8-5-4-6-11-22(16)27(23,24)19-13-18(26-3)17(25-2)12-14(19)20/h7,9-10,12-13,16H,4-6,8,11H2,1-3H3/t16-/m0/s1. The lowest BCUT2D eigenvalue weighted by molar-refractivity contribution is 0.317. The summed E-state index contributed by atoms with van der Waals surface area (Å²) in [5.74, 6) is 0.877. The van der Waals surface area contributed by atoms with Gasteiger partial charge in [0.25, 0.3) is 0 Å². The van der Waals surface area contributed by atoms with Crippen LogP contribution in [0.2, 0.25) is 0 Å². The fourth-order valence-electron chi connectivity index (χ4n) is 3.65. The highest BCUT2D eigenvalue weighted by Gasteiger charge is 2.36. The zero-order chi connectivity index (χ0) is 19.6. The SMILES string of the molecule is COc1cc(Br)c(S(=O)(=O)N2CCCCC[C@H]2c2cccn2C)cc1OC. The van der Waals surface area contributed by atoms with Crippen molar-refractivity contribution in [3.8, 4) is 11.5 Å². The number of sulfonamides is 1. The highest BCUT2D eigenvalue weighted by molar-refractivity contribution is 9.10. The molecule has 2 heterocycles. The molecule has 8 heteroatoms. The number of methoxy groups -OCH3 is 2. The van der Waals surface area contributed by atoms with E-state index in [1.165, 1.54) is 20.3 Å². The third-order valence-electron chi connectivity index (χ3n) is 5.05. The summed E-state index contributed by atoms with van der Waals surface area (Å²) in [6, 6.07) is 6.95. The Hall–Kier alpha value is -1.51. The van der Waals surface area contributed by atoms with Gasteiger partial charge in [-0.25, -0.2) is 8.42 Å². The topological polar surface area (TPSA) is 60.8 Å². The molecule has 1 atom stereocenters. The van der Waals surface area contributed by atoms with Gasteiger partial charge in [-0.1, -0.05) is 12.8 Å². The lowest BCUT2D eigenvalue weighted by Gasteiger charge is -2.30. The first-order chi connectivity index (χ1) is 12.9. The minimum absolute atomic E-state index is 0.183. The highest BCUT2D eigenvalue weighted by atomic mass is 79.9. The molecule has 3 rings (SSSR count). The van der Waals surface area contributed by atoms with Crippen LogP contribution in [-0.4, -0.2) is 38.1 Å². The molecule has 0 saturated carbocycles. The monoisotopic (exact) mass is 456 g/mol. The maximum absolute atomic E-state index is 13.6. The molecule has 0 N–H and O–H groups in total. The Morgan fingerprint density at radius 2 is 1.81 bits per heavy atom. The van der Waals surface area contributed by atoms with E-state index >= 15 is 0 Å². The minimum Gasteiger partial charge on any atom is -0.493 e.